The Kier molecular flexibility index (Phi) is 8.54. The molecule has 3 N–H and O–H groups in total. The smallest absolute Gasteiger partial charge is 0.216 e. The van der Waals surface area contributed by atoms with Crippen LogP contribution in [0.15, 0.2) is 27.8 Å². The van der Waals surface area contributed by atoms with Gasteiger partial charge in [-0.05, 0) is 25.0 Å². The number of rotatable bonds is 11. The van der Waals surface area contributed by atoms with Crippen LogP contribution in [0, 0.1) is 0 Å². The van der Waals surface area contributed by atoms with Gasteiger partial charge in [0.1, 0.15) is 5.82 Å². The van der Waals surface area contributed by atoms with Gasteiger partial charge in [-0.3, -0.25) is 10.1 Å². The van der Waals surface area contributed by atoms with E-state index in [0.717, 1.165) is 44.4 Å². The summed E-state index contributed by atoms with van der Waals surface area (Å²) < 4.78 is 10.8. The number of ether oxygens (including phenoxy) is 1. The molecule has 2 heterocycles. The quantitative estimate of drug-likeness (QED) is 0.326. The molecule has 0 radical (unpaired) electrons. The normalized spacial score (nSPS) is 11.7. The first-order chi connectivity index (χ1) is 12.3. The van der Waals surface area contributed by atoms with Gasteiger partial charge in [0.25, 0.3) is 0 Å². The van der Waals surface area contributed by atoms with E-state index in [1.165, 1.54) is 6.42 Å². The van der Waals surface area contributed by atoms with Crippen LogP contribution in [-0.4, -0.2) is 54.5 Å². The van der Waals surface area contributed by atoms with Crippen molar-refractivity contribution in [3.8, 4) is 11.6 Å². The average Bonchev–Trinajstić information content (AvgIpc) is 3.30. The zero-order chi connectivity index (χ0) is 17.7. The van der Waals surface area contributed by atoms with Crippen molar-refractivity contribution in [3.05, 3.63) is 24.2 Å². The summed E-state index contributed by atoms with van der Waals surface area (Å²) in [6.45, 7) is 5.33. The van der Waals surface area contributed by atoms with E-state index in [2.05, 4.69) is 37.7 Å². The molecule has 25 heavy (non-hydrogen) atoms. The van der Waals surface area contributed by atoms with E-state index < -0.39 is 0 Å². The molecular weight excluding hydrogens is 320 g/mol. The summed E-state index contributed by atoms with van der Waals surface area (Å²) in [5.41, 5.74) is 0. The number of unbranched alkanes of at least 4 members (excludes halogenated alkanes) is 1. The lowest BCUT2D eigenvalue weighted by molar-refractivity contribution is 0.129. The van der Waals surface area contributed by atoms with Gasteiger partial charge >= 0.3 is 0 Å². The number of aromatic amines is 1. The maximum Gasteiger partial charge on any atom is 0.216 e. The standard InChI is InChI=1S/C17H28N6O2/c1-3-4-11-24-12-6-9-19-17(18-2)20-10-8-15-21-16(23-22-15)14-7-5-13-25-14/h5,7,13H,3-4,6,8-12H2,1-2H3,(H2,18,19,20)(H,21,22,23). The van der Waals surface area contributed by atoms with Crippen molar-refractivity contribution in [1.82, 2.24) is 25.8 Å². The lowest BCUT2D eigenvalue weighted by Crippen LogP contribution is -2.39. The molecule has 0 aliphatic carbocycles. The monoisotopic (exact) mass is 348 g/mol. The number of nitrogens with zero attached hydrogens (tertiary/aromatic N) is 3. The van der Waals surface area contributed by atoms with Crippen LogP contribution in [0.4, 0.5) is 0 Å². The minimum absolute atomic E-state index is 0.575. The van der Waals surface area contributed by atoms with Gasteiger partial charge in [0.15, 0.2) is 11.7 Å². The number of aromatic nitrogens is 3. The third-order valence-electron chi connectivity index (χ3n) is 3.55. The second-order valence-corrected chi connectivity index (χ2v) is 5.58. The Hall–Kier alpha value is -2.35. The third kappa shape index (κ3) is 6.96. The molecule has 2 aromatic heterocycles. The number of hydrogen-bond acceptors (Lipinski definition) is 5. The Morgan fingerprint density at radius 2 is 2.12 bits per heavy atom. The molecular formula is C17H28N6O2. The van der Waals surface area contributed by atoms with Crippen LogP contribution in [0.2, 0.25) is 0 Å². The van der Waals surface area contributed by atoms with E-state index in [4.69, 9.17) is 9.15 Å². The largest absolute Gasteiger partial charge is 0.461 e. The zero-order valence-electron chi connectivity index (χ0n) is 15.0. The maximum atomic E-state index is 5.53. The number of guanidine groups is 1. The number of H-pyrrole nitrogens is 1. The molecule has 0 saturated carbocycles. The lowest BCUT2D eigenvalue weighted by atomic mass is 10.3. The van der Waals surface area contributed by atoms with Crippen molar-refractivity contribution in [3.63, 3.8) is 0 Å². The second-order valence-electron chi connectivity index (χ2n) is 5.58. The van der Waals surface area contributed by atoms with Crippen molar-refractivity contribution in [1.29, 1.82) is 0 Å². The molecule has 0 fully saturated rings. The number of hydrogen-bond donors (Lipinski definition) is 3. The SMILES string of the molecule is CCCCOCCCNC(=NC)NCCc1nc(-c2ccco2)n[nH]1. The van der Waals surface area contributed by atoms with Crippen molar-refractivity contribution in [2.75, 3.05) is 33.4 Å². The molecule has 0 aromatic carbocycles. The highest BCUT2D eigenvalue weighted by Gasteiger charge is 2.08. The topological polar surface area (TPSA) is 100 Å². The molecule has 2 rings (SSSR count). The Morgan fingerprint density at radius 1 is 1.28 bits per heavy atom. The van der Waals surface area contributed by atoms with Gasteiger partial charge in [-0.2, -0.15) is 5.10 Å². The maximum absolute atomic E-state index is 5.53. The van der Waals surface area contributed by atoms with Crippen molar-refractivity contribution >= 4 is 5.96 Å². The lowest BCUT2D eigenvalue weighted by Gasteiger charge is -2.11. The first-order valence-electron chi connectivity index (χ1n) is 8.81. The highest BCUT2D eigenvalue weighted by atomic mass is 16.5. The molecule has 0 atom stereocenters. The van der Waals surface area contributed by atoms with Crippen molar-refractivity contribution < 1.29 is 9.15 Å². The molecule has 2 aromatic rings. The molecule has 0 spiro atoms. The molecule has 0 saturated heterocycles. The first-order valence-corrected chi connectivity index (χ1v) is 8.81. The van der Waals surface area contributed by atoms with E-state index in [1.54, 1.807) is 13.3 Å². The Balaban J connectivity index is 1.59. The van der Waals surface area contributed by atoms with Gasteiger partial charge in [0.05, 0.1) is 6.26 Å². The van der Waals surface area contributed by atoms with E-state index >= 15 is 0 Å². The summed E-state index contributed by atoms with van der Waals surface area (Å²) in [5, 5.41) is 13.6. The number of nitrogens with one attached hydrogen (secondary N) is 3. The van der Waals surface area contributed by atoms with E-state index in [1.807, 2.05) is 12.1 Å². The zero-order valence-corrected chi connectivity index (χ0v) is 15.0. The van der Waals surface area contributed by atoms with Gasteiger partial charge in [-0.25, -0.2) is 4.98 Å². The van der Waals surface area contributed by atoms with Crippen LogP contribution in [0.25, 0.3) is 11.6 Å². The average molecular weight is 348 g/mol. The predicted octanol–water partition coefficient (Wildman–Crippen LogP) is 1.98. The van der Waals surface area contributed by atoms with E-state index in [9.17, 15) is 0 Å². The van der Waals surface area contributed by atoms with Crippen LogP contribution in [0.3, 0.4) is 0 Å². The van der Waals surface area contributed by atoms with Crippen LogP contribution in [0.5, 0.6) is 0 Å². The van der Waals surface area contributed by atoms with Crippen LogP contribution < -0.4 is 10.6 Å². The molecule has 138 valence electrons. The fourth-order valence-electron chi connectivity index (χ4n) is 2.17. The van der Waals surface area contributed by atoms with Gasteiger partial charge in [0, 0.05) is 39.8 Å². The van der Waals surface area contributed by atoms with E-state index in [0.29, 0.717) is 24.6 Å². The third-order valence-corrected chi connectivity index (χ3v) is 3.55. The van der Waals surface area contributed by atoms with Gasteiger partial charge in [-0.1, -0.05) is 13.3 Å². The number of furan rings is 1. The molecule has 0 amide bonds. The van der Waals surface area contributed by atoms with E-state index in [-0.39, 0.29) is 0 Å². The highest BCUT2D eigenvalue weighted by Crippen LogP contribution is 2.14. The van der Waals surface area contributed by atoms with Gasteiger partial charge < -0.3 is 19.8 Å². The summed E-state index contributed by atoms with van der Waals surface area (Å²) in [7, 11) is 1.76. The summed E-state index contributed by atoms with van der Waals surface area (Å²) in [6.07, 6.45) is 5.58. The summed E-state index contributed by atoms with van der Waals surface area (Å²) in [5.74, 6) is 2.82. The van der Waals surface area contributed by atoms with Crippen LogP contribution in [-0.2, 0) is 11.2 Å². The molecule has 0 aliphatic rings. The molecule has 8 heteroatoms. The fraction of sp³-hybridized carbons (Fsp3) is 0.588. The minimum Gasteiger partial charge on any atom is -0.461 e. The molecule has 0 unspecified atom stereocenters. The van der Waals surface area contributed by atoms with Crippen LogP contribution >= 0.6 is 0 Å². The number of aliphatic imine (C=N–C) groups is 1. The highest BCUT2D eigenvalue weighted by molar-refractivity contribution is 5.79. The fourth-order valence-corrected chi connectivity index (χ4v) is 2.17. The summed E-state index contributed by atoms with van der Waals surface area (Å²) in [4.78, 5) is 8.61. The Morgan fingerprint density at radius 3 is 2.88 bits per heavy atom. The van der Waals surface area contributed by atoms with Gasteiger partial charge in [0.2, 0.25) is 5.82 Å². The minimum atomic E-state index is 0.575. The first kappa shape index (κ1) is 19.0. The predicted molar refractivity (Wildman–Crippen MR) is 97.5 cm³/mol. The molecule has 0 aliphatic heterocycles. The Bertz CT molecular complexity index is 608. The molecule has 0 bridgehead atoms. The van der Waals surface area contributed by atoms with Gasteiger partial charge in [-0.15, -0.1) is 0 Å². The van der Waals surface area contributed by atoms with Crippen LogP contribution in [0.1, 0.15) is 32.0 Å². The second kappa shape index (κ2) is 11.2. The van der Waals surface area contributed by atoms with Crippen molar-refractivity contribution in [2.24, 2.45) is 4.99 Å². The molecule has 8 nitrogen and oxygen atoms in total. The van der Waals surface area contributed by atoms with Crippen molar-refractivity contribution in [2.45, 2.75) is 32.6 Å². The summed E-state index contributed by atoms with van der Waals surface area (Å²) >= 11 is 0. The summed E-state index contributed by atoms with van der Waals surface area (Å²) in [6, 6.07) is 3.65. The Labute approximate surface area is 148 Å².